The lowest BCUT2D eigenvalue weighted by Crippen LogP contribution is -2.50. The first kappa shape index (κ1) is 33.5. The van der Waals surface area contributed by atoms with Gasteiger partial charge >= 0.3 is 12.2 Å². The van der Waals surface area contributed by atoms with Gasteiger partial charge in [0, 0.05) is 19.2 Å². The molecule has 242 valence electrons. The smallest absolute Gasteiger partial charge is 0.410 e. The van der Waals surface area contributed by atoms with Crippen LogP contribution in [0.15, 0.2) is 59.5 Å². The fraction of sp³-hybridized carbons (Fsp3) is 0.548. The van der Waals surface area contributed by atoms with Gasteiger partial charge in [-0.05, 0) is 64.8 Å². The summed E-state index contributed by atoms with van der Waals surface area (Å²) >= 11 is 0. The Balaban J connectivity index is 1.34. The quantitative estimate of drug-likeness (QED) is 0.402. The molecule has 2 aliphatic heterocycles. The van der Waals surface area contributed by atoms with Crippen molar-refractivity contribution >= 4 is 22.2 Å². The maximum atomic E-state index is 13.3. The van der Waals surface area contributed by atoms with Crippen molar-refractivity contribution in [2.45, 2.75) is 74.9 Å². The number of ether oxygens (including phenoxy) is 4. The van der Waals surface area contributed by atoms with Crippen molar-refractivity contribution in [3.05, 3.63) is 60.2 Å². The van der Waals surface area contributed by atoms with Crippen LogP contribution in [-0.2, 0) is 30.8 Å². The average Bonchev–Trinajstić information content (AvgIpc) is 3.40. The SMILES string of the molecule is CNS(=O)(=O)c1cccc(OC[C@@H](O)CN(C(=O)OC(C)(C)C)C2COC3(CCN(C(=O)OCc4ccccc4)CC3)C2)c1. The Kier molecular flexibility index (Phi) is 10.8. The molecule has 2 saturated heterocycles. The Labute approximate surface area is 259 Å². The number of hydrogen-bond acceptors (Lipinski definition) is 9. The molecule has 2 atom stereocenters. The number of likely N-dealkylation sites (tertiary alicyclic amines) is 1. The lowest BCUT2D eigenvalue weighted by Gasteiger charge is -2.38. The van der Waals surface area contributed by atoms with E-state index in [2.05, 4.69) is 4.72 Å². The predicted octanol–water partition coefficient (Wildman–Crippen LogP) is 3.53. The second-order valence-corrected chi connectivity index (χ2v) is 14.0. The molecular formula is C31H43N3O9S. The molecule has 2 aliphatic rings. The number of aliphatic hydroxyl groups is 1. The maximum Gasteiger partial charge on any atom is 0.410 e. The molecule has 2 heterocycles. The first-order valence-corrected chi connectivity index (χ1v) is 16.2. The minimum absolute atomic E-state index is 0.0336. The standard InChI is InChI=1S/C31H43N3O9S/c1-30(2,3)43-29(37)34(19-25(35)22-40-26-11-8-12-27(17-26)44(38,39)32-4)24-18-31(42-21-24)13-15-33(16-14-31)28(36)41-20-23-9-6-5-7-10-23/h5-12,17,24-25,32,35H,13-16,18-22H2,1-4H3/t24?,25-/m0/s1. The van der Waals surface area contributed by atoms with Gasteiger partial charge in [-0.2, -0.15) is 0 Å². The molecule has 2 N–H and O–H groups in total. The molecule has 1 spiro atoms. The van der Waals surface area contributed by atoms with Crippen LogP contribution in [-0.4, -0.2) is 98.8 Å². The molecule has 0 aliphatic carbocycles. The van der Waals surface area contributed by atoms with Crippen molar-refractivity contribution in [3.8, 4) is 5.75 Å². The van der Waals surface area contributed by atoms with Crippen molar-refractivity contribution in [1.82, 2.24) is 14.5 Å². The van der Waals surface area contributed by atoms with E-state index >= 15 is 0 Å². The number of nitrogens with zero attached hydrogens (tertiary/aromatic N) is 2. The van der Waals surface area contributed by atoms with E-state index in [1.807, 2.05) is 30.3 Å². The van der Waals surface area contributed by atoms with E-state index in [9.17, 15) is 23.1 Å². The number of piperidine rings is 1. The van der Waals surface area contributed by atoms with Crippen LogP contribution in [0.2, 0.25) is 0 Å². The number of aliphatic hydroxyl groups excluding tert-OH is 1. The summed E-state index contributed by atoms with van der Waals surface area (Å²) in [5, 5.41) is 10.9. The monoisotopic (exact) mass is 633 g/mol. The molecule has 44 heavy (non-hydrogen) atoms. The van der Waals surface area contributed by atoms with Crippen molar-refractivity contribution < 1.29 is 42.1 Å². The molecular weight excluding hydrogens is 590 g/mol. The van der Waals surface area contributed by atoms with Gasteiger partial charge in [-0.15, -0.1) is 0 Å². The Hall–Kier alpha value is -3.39. The van der Waals surface area contributed by atoms with E-state index in [1.165, 1.54) is 24.1 Å². The number of benzene rings is 2. The molecule has 13 heteroatoms. The molecule has 2 amide bonds. The predicted molar refractivity (Wildman–Crippen MR) is 162 cm³/mol. The summed E-state index contributed by atoms with van der Waals surface area (Å²) in [4.78, 5) is 29.1. The Morgan fingerprint density at radius 2 is 1.84 bits per heavy atom. The zero-order chi connectivity index (χ0) is 32.0. The first-order chi connectivity index (χ1) is 20.8. The maximum absolute atomic E-state index is 13.3. The molecule has 2 aromatic carbocycles. The van der Waals surface area contributed by atoms with E-state index < -0.39 is 33.4 Å². The van der Waals surface area contributed by atoms with E-state index in [0.29, 0.717) is 32.4 Å². The summed E-state index contributed by atoms with van der Waals surface area (Å²) in [6.45, 7) is 6.45. The zero-order valence-corrected chi connectivity index (χ0v) is 26.5. The molecule has 0 radical (unpaired) electrons. The lowest BCUT2D eigenvalue weighted by atomic mass is 9.87. The highest BCUT2D eigenvalue weighted by atomic mass is 32.2. The highest BCUT2D eigenvalue weighted by Crippen LogP contribution is 2.38. The summed E-state index contributed by atoms with van der Waals surface area (Å²) in [7, 11) is -2.34. The number of amides is 2. The van der Waals surface area contributed by atoms with E-state index in [4.69, 9.17) is 18.9 Å². The van der Waals surface area contributed by atoms with Gasteiger partial charge in [-0.25, -0.2) is 22.7 Å². The van der Waals surface area contributed by atoms with E-state index in [1.54, 1.807) is 37.8 Å². The van der Waals surface area contributed by atoms with E-state index in [-0.39, 0.29) is 49.1 Å². The lowest BCUT2D eigenvalue weighted by molar-refractivity contribution is -0.0432. The third-order valence-electron chi connectivity index (χ3n) is 7.63. The van der Waals surface area contributed by atoms with Crippen LogP contribution in [0.4, 0.5) is 9.59 Å². The number of sulfonamides is 1. The summed E-state index contributed by atoms with van der Waals surface area (Å²) in [6, 6.07) is 15.1. The summed E-state index contributed by atoms with van der Waals surface area (Å²) in [5.41, 5.74) is -0.345. The summed E-state index contributed by atoms with van der Waals surface area (Å²) < 4.78 is 49.6. The Morgan fingerprint density at radius 1 is 1.14 bits per heavy atom. The van der Waals surface area contributed by atoms with Gasteiger partial charge in [-0.1, -0.05) is 36.4 Å². The van der Waals surface area contributed by atoms with Crippen LogP contribution in [0.3, 0.4) is 0 Å². The minimum Gasteiger partial charge on any atom is -0.491 e. The molecule has 0 saturated carbocycles. The zero-order valence-electron chi connectivity index (χ0n) is 25.7. The normalized spacial score (nSPS) is 18.9. The molecule has 1 unspecified atom stereocenters. The van der Waals surface area contributed by atoms with Crippen molar-refractivity contribution in [3.63, 3.8) is 0 Å². The Bertz CT molecular complexity index is 1370. The van der Waals surface area contributed by atoms with Gasteiger partial charge in [0.2, 0.25) is 10.0 Å². The van der Waals surface area contributed by atoms with Gasteiger partial charge in [0.25, 0.3) is 0 Å². The second-order valence-electron chi connectivity index (χ2n) is 12.2. The number of carbonyl (C=O) groups excluding carboxylic acids is 2. The van der Waals surface area contributed by atoms with Crippen molar-refractivity contribution in [2.24, 2.45) is 0 Å². The fourth-order valence-electron chi connectivity index (χ4n) is 5.29. The van der Waals surface area contributed by atoms with Crippen LogP contribution < -0.4 is 9.46 Å². The number of nitrogens with one attached hydrogen (secondary N) is 1. The summed E-state index contributed by atoms with van der Waals surface area (Å²) in [5.74, 6) is 0.265. The Morgan fingerprint density at radius 3 is 2.50 bits per heavy atom. The van der Waals surface area contributed by atoms with Crippen LogP contribution in [0.5, 0.6) is 5.75 Å². The van der Waals surface area contributed by atoms with Gasteiger partial charge in [-0.3, -0.25) is 0 Å². The van der Waals surface area contributed by atoms with Crippen LogP contribution in [0, 0.1) is 0 Å². The number of rotatable bonds is 10. The van der Waals surface area contributed by atoms with Gasteiger partial charge in [0.05, 0.1) is 29.7 Å². The highest BCUT2D eigenvalue weighted by molar-refractivity contribution is 7.89. The van der Waals surface area contributed by atoms with Crippen molar-refractivity contribution in [1.29, 1.82) is 0 Å². The first-order valence-electron chi connectivity index (χ1n) is 14.7. The second kappa shape index (κ2) is 14.1. The van der Waals surface area contributed by atoms with E-state index in [0.717, 1.165) is 5.56 Å². The minimum atomic E-state index is -3.66. The molecule has 2 aromatic rings. The molecule has 2 fully saturated rings. The highest BCUT2D eigenvalue weighted by Gasteiger charge is 2.47. The number of carbonyl (C=O) groups is 2. The van der Waals surface area contributed by atoms with Crippen LogP contribution in [0.25, 0.3) is 0 Å². The molecule has 12 nitrogen and oxygen atoms in total. The average molecular weight is 634 g/mol. The van der Waals surface area contributed by atoms with Gasteiger partial charge in [0.1, 0.15) is 30.7 Å². The van der Waals surface area contributed by atoms with Crippen LogP contribution >= 0.6 is 0 Å². The summed E-state index contributed by atoms with van der Waals surface area (Å²) in [6.07, 6.45) is -0.342. The van der Waals surface area contributed by atoms with Crippen molar-refractivity contribution in [2.75, 3.05) is 39.9 Å². The fourth-order valence-corrected chi connectivity index (χ4v) is 6.06. The third-order valence-corrected chi connectivity index (χ3v) is 9.04. The van der Waals surface area contributed by atoms with Gasteiger partial charge < -0.3 is 33.9 Å². The third kappa shape index (κ3) is 9.07. The molecule has 0 aromatic heterocycles. The topological polar surface area (TPSA) is 144 Å². The number of hydrogen-bond donors (Lipinski definition) is 2. The molecule has 0 bridgehead atoms. The molecule has 4 rings (SSSR count). The van der Waals surface area contributed by atoms with Crippen LogP contribution in [0.1, 0.15) is 45.6 Å². The van der Waals surface area contributed by atoms with Gasteiger partial charge in [0.15, 0.2) is 0 Å². The largest absolute Gasteiger partial charge is 0.491 e.